The zero-order chi connectivity index (χ0) is 22.8. The first-order chi connectivity index (χ1) is 15.4. The van der Waals surface area contributed by atoms with E-state index >= 15 is 0 Å². The van der Waals surface area contributed by atoms with E-state index in [0.29, 0.717) is 22.6 Å². The van der Waals surface area contributed by atoms with E-state index in [2.05, 4.69) is 20.3 Å². The zero-order valence-corrected chi connectivity index (χ0v) is 17.1. The second-order valence-electron chi connectivity index (χ2n) is 7.07. The van der Waals surface area contributed by atoms with Gasteiger partial charge in [-0.3, -0.25) is 9.36 Å². The van der Waals surface area contributed by atoms with Gasteiger partial charge in [-0.15, -0.1) is 0 Å². The van der Waals surface area contributed by atoms with Crippen molar-refractivity contribution in [2.75, 3.05) is 23.3 Å². The Kier molecular flexibility index (Phi) is 5.39. The molecule has 0 fully saturated rings. The zero-order valence-electron chi connectivity index (χ0n) is 17.1. The summed E-state index contributed by atoms with van der Waals surface area (Å²) in [6.45, 7) is 2.03. The quantitative estimate of drug-likeness (QED) is 0.437. The Morgan fingerprint density at radius 1 is 1.12 bits per heavy atom. The van der Waals surface area contributed by atoms with Gasteiger partial charge < -0.3 is 16.8 Å². The van der Waals surface area contributed by atoms with Crippen LogP contribution in [0.5, 0.6) is 0 Å². The van der Waals surface area contributed by atoms with E-state index in [-0.39, 0.29) is 41.5 Å². The molecule has 2 aromatic carbocycles. The summed E-state index contributed by atoms with van der Waals surface area (Å²) in [7, 11) is 0. The van der Waals surface area contributed by atoms with Gasteiger partial charge in [0.1, 0.15) is 34.5 Å². The van der Waals surface area contributed by atoms with Crippen LogP contribution >= 0.6 is 0 Å². The van der Waals surface area contributed by atoms with Gasteiger partial charge in [0.15, 0.2) is 5.82 Å². The monoisotopic (exact) mass is 430 g/mol. The summed E-state index contributed by atoms with van der Waals surface area (Å²) in [5.41, 5.74) is 12.5. The maximum Gasteiger partial charge on any atom is 0.268 e. The minimum absolute atomic E-state index is 0.0291. The molecule has 4 rings (SSSR count). The number of rotatable bonds is 5. The lowest BCUT2D eigenvalue weighted by Gasteiger charge is -2.15. The molecule has 2 heterocycles. The van der Waals surface area contributed by atoms with E-state index in [4.69, 9.17) is 11.5 Å². The summed E-state index contributed by atoms with van der Waals surface area (Å²) in [6.07, 6.45) is 0.269. The van der Waals surface area contributed by atoms with Crippen LogP contribution in [0.15, 0.2) is 47.3 Å². The molecule has 4 aromatic rings. The average Bonchev–Trinajstić information content (AvgIpc) is 2.76. The van der Waals surface area contributed by atoms with E-state index < -0.39 is 11.4 Å². The molecule has 5 N–H and O–H groups in total. The summed E-state index contributed by atoms with van der Waals surface area (Å²) in [5, 5.41) is 12.3. The van der Waals surface area contributed by atoms with Gasteiger partial charge in [0.2, 0.25) is 5.95 Å². The lowest BCUT2D eigenvalue weighted by molar-refractivity contribution is 0.636. The number of nitrogens with one attached hydrogen (secondary N) is 1. The number of benzene rings is 2. The molecule has 0 amide bonds. The molecule has 0 aliphatic heterocycles. The number of para-hydroxylation sites is 1. The number of fused-ring (bicyclic) bond motifs is 1. The van der Waals surface area contributed by atoms with Crippen molar-refractivity contribution in [2.24, 2.45) is 0 Å². The Hall–Kier alpha value is -4.52. The second kappa shape index (κ2) is 8.31. The minimum atomic E-state index is -0.622. The smallest absolute Gasteiger partial charge is 0.268 e. The lowest BCUT2D eigenvalue weighted by atomic mass is 10.1. The summed E-state index contributed by atoms with van der Waals surface area (Å²) in [5.74, 6) is -0.112. The van der Waals surface area contributed by atoms with Crippen molar-refractivity contribution in [1.82, 2.24) is 19.5 Å². The fraction of sp³-hybridized carbons (Fsp3) is 0.136. The Labute approximate surface area is 182 Å². The molecule has 2 aromatic heterocycles. The van der Waals surface area contributed by atoms with Gasteiger partial charge in [-0.05, 0) is 30.7 Å². The Morgan fingerprint density at radius 3 is 2.59 bits per heavy atom. The number of hydrogen-bond donors (Lipinski definition) is 3. The molecule has 0 unspecified atom stereocenters. The van der Waals surface area contributed by atoms with Gasteiger partial charge in [-0.25, -0.2) is 9.37 Å². The number of halogens is 1. The van der Waals surface area contributed by atoms with Crippen molar-refractivity contribution in [1.29, 1.82) is 5.26 Å². The van der Waals surface area contributed by atoms with Crippen LogP contribution in [-0.2, 0) is 6.42 Å². The maximum atomic E-state index is 14.6. The van der Waals surface area contributed by atoms with Crippen LogP contribution in [0.25, 0.3) is 16.6 Å². The minimum Gasteiger partial charge on any atom is -0.382 e. The number of nitrogens with two attached hydrogens (primary N) is 2. The highest BCUT2D eigenvalue weighted by atomic mass is 19.1. The molecule has 0 radical (unpaired) electrons. The highest BCUT2D eigenvalue weighted by molar-refractivity contribution is 5.82. The van der Waals surface area contributed by atoms with Crippen molar-refractivity contribution in [3.8, 4) is 11.8 Å². The predicted octanol–water partition coefficient (Wildman–Crippen LogP) is 2.31. The molecule has 0 aliphatic rings. The molecule has 9 nitrogen and oxygen atoms in total. The van der Waals surface area contributed by atoms with E-state index in [1.54, 1.807) is 37.3 Å². The summed E-state index contributed by atoms with van der Waals surface area (Å²) < 4.78 is 15.9. The number of nitrogens with zero attached hydrogens (tertiary/aromatic N) is 5. The first-order valence-corrected chi connectivity index (χ1v) is 9.73. The second-order valence-corrected chi connectivity index (χ2v) is 7.07. The summed E-state index contributed by atoms with van der Waals surface area (Å²) in [4.78, 5) is 25.7. The van der Waals surface area contributed by atoms with Crippen LogP contribution in [0.1, 0.15) is 17.0 Å². The van der Waals surface area contributed by atoms with Crippen LogP contribution in [0.3, 0.4) is 0 Å². The maximum absolute atomic E-state index is 14.6. The molecule has 0 saturated carbocycles. The summed E-state index contributed by atoms with van der Waals surface area (Å²) in [6, 6.07) is 13.7. The number of anilines is 3. The van der Waals surface area contributed by atoms with Gasteiger partial charge in [-0.1, -0.05) is 24.3 Å². The molecular weight excluding hydrogens is 411 g/mol. The van der Waals surface area contributed by atoms with Crippen LogP contribution < -0.4 is 22.3 Å². The van der Waals surface area contributed by atoms with Gasteiger partial charge >= 0.3 is 0 Å². The van der Waals surface area contributed by atoms with Gasteiger partial charge in [0.05, 0.1) is 11.2 Å². The fourth-order valence-corrected chi connectivity index (χ4v) is 3.46. The predicted molar refractivity (Wildman–Crippen MR) is 120 cm³/mol. The van der Waals surface area contributed by atoms with Crippen molar-refractivity contribution in [2.45, 2.75) is 13.3 Å². The highest BCUT2D eigenvalue weighted by Crippen LogP contribution is 2.21. The van der Waals surface area contributed by atoms with Crippen molar-refractivity contribution >= 4 is 28.5 Å². The largest absolute Gasteiger partial charge is 0.382 e. The Balaban J connectivity index is 1.78. The lowest BCUT2D eigenvalue weighted by Crippen LogP contribution is -2.26. The highest BCUT2D eigenvalue weighted by Gasteiger charge is 2.17. The van der Waals surface area contributed by atoms with Crippen molar-refractivity contribution < 1.29 is 4.39 Å². The van der Waals surface area contributed by atoms with E-state index in [0.717, 1.165) is 0 Å². The fourth-order valence-electron chi connectivity index (χ4n) is 3.46. The third kappa shape index (κ3) is 3.67. The first-order valence-electron chi connectivity index (χ1n) is 9.73. The topological polar surface area (TPSA) is 149 Å². The summed E-state index contributed by atoms with van der Waals surface area (Å²) >= 11 is 0. The molecule has 160 valence electrons. The SMILES string of the molecule is Cc1ccc(F)c2c(=O)n(-c3ccccc3)c(CCNc3nc(N)nc(N)c3C#N)nc12. The van der Waals surface area contributed by atoms with Crippen LogP contribution in [0, 0.1) is 24.1 Å². The molecule has 0 atom stereocenters. The third-order valence-corrected chi connectivity index (χ3v) is 4.97. The van der Waals surface area contributed by atoms with E-state index in [1.165, 1.54) is 10.6 Å². The standard InChI is InChI=1S/C22H19FN8O/c1-12-7-8-15(23)17-18(12)28-16(31(21(17)32)13-5-3-2-4-6-13)9-10-27-20-14(11-24)19(25)29-22(26)30-20/h2-8H,9-10H2,1H3,(H5,25,26,27,29,30). The molecule has 10 heteroatoms. The van der Waals surface area contributed by atoms with Crippen LogP contribution in [0.2, 0.25) is 0 Å². The number of nitriles is 1. The van der Waals surface area contributed by atoms with E-state index in [1.807, 2.05) is 12.1 Å². The number of aryl methyl sites for hydroxylation is 1. The van der Waals surface area contributed by atoms with Gasteiger partial charge in [0, 0.05) is 13.0 Å². The number of nitrogen functional groups attached to an aromatic ring is 2. The Bertz CT molecular complexity index is 1430. The van der Waals surface area contributed by atoms with Gasteiger partial charge in [0.25, 0.3) is 5.56 Å². The molecule has 0 spiro atoms. The molecular formula is C22H19FN8O. The average molecular weight is 430 g/mol. The first kappa shape index (κ1) is 20.7. The van der Waals surface area contributed by atoms with E-state index in [9.17, 15) is 14.4 Å². The van der Waals surface area contributed by atoms with Crippen LogP contribution in [0.4, 0.5) is 22.0 Å². The molecule has 32 heavy (non-hydrogen) atoms. The van der Waals surface area contributed by atoms with Crippen molar-refractivity contribution in [3.63, 3.8) is 0 Å². The van der Waals surface area contributed by atoms with Crippen molar-refractivity contribution in [3.05, 3.63) is 75.6 Å². The molecule has 0 bridgehead atoms. The van der Waals surface area contributed by atoms with Gasteiger partial charge in [-0.2, -0.15) is 15.2 Å². The molecule has 0 aliphatic carbocycles. The number of aromatic nitrogens is 4. The molecule has 0 saturated heterocycles. The Morgan fingerprint density at radius 2 is 1.88 bits per heavy atom. The number of hydrogen-bond acceptors (Lipinski definition) is 8. The third-order valence-electron chi connectivity index (χ3n) is 4.97. The van der Waals surface area contributed by atoms with Crippen LogP contribution in [-0.4, -0.2) is 26.1 Å². The normalized spacial score (nSPS) is 10.8.